The summed E-state index contributed by atoms with van der Waals surface area (Å²) < 4.78 is 5.97. The second kappa shape index (κ2) is 4.72. The van der Waals surface area contributed by atoms with Crippen LogP contribution in [0.4, 0.5) is 0 Å². The van der Waals surface area contributed by atoms with Gasteiger partial charge < -0.3 is 15.6 Å². The molecule has 3 N–H and O–H groups in total. The fourth-order valence-corrected chi connectivity index (χ4v) is 1.20. The van der Waals surface area contributed by atoms with Crippen LogP contribution in [0.2, 0.25) is 0 Å². The molecule has 6 nitrogen and oxygen atoms in total. The van der Waals surface area contributed by atoms with Gasteiger partial charge in [-0.25, -0.2) is 0 Å². The Morgan fingerprint density at radius 3 is 2.87 bits per heavy atom. The molecule has 1 rings (SSSR count). The first kappa shape index (κ1) is 11.4. The number of nitrogens with two attached hydrogens (primary N) is 1. The van der Waals surface area contributed by atoms with E-state index in [4.69, 9.17) is 15.6 Å². The maximum atomic E-state index is 11.6. The van der Waals surface area contributed by atoms with Gasteiger partial charge in [-0.15, -0.1) is 0 Å². The first-order valence-electron chi connectivity index (χ1n) is 4.26. The molecule has 1 atom stereocenters. The Kier molecular flexibility index (Phi) is 3.59. The van der Waals surface area contributed by atoms with Crippen LogP contribution in [0.15, 0.2) is 23.1 Å². The minimum Gasteiger partial charge on any atom is -0.392 e. The standard InChI is InChI=1S/C9H12N2O4/c1-15-7(5-12)11-4-2-3-6(8(10)13)9(11)14/h2-4,7,12H,5H2,1H3,(H2,10,13). The van der Waals surface area contributed by atoms with Gasteiger partial charge in [-0.3, -0.25) is 14.2 Å². The van der Waals surface area contributed by atoms with E-state index in [9.17, 15) is 9.59 Å². The van der Waals surface area contributed by atoms with E-state index in [2.05, 4.69) is 0 Å². The smallest absolute Gasteiger partial charge is 0.265 e. The number of carbonyl (C=O) groups excluding carboxylic acids is 1. The molecular weight excluding hydrogens is 200 g/mol. The van der Waals surface area contributed by atoms with Gasteiger partial charge in [0.1, 0.15) is 5.56 Å². The summed E-state index contributed by atoms with van der Waals surface area (Å²) in [5.74, 6) is -0.804. The third kappa shape index (κ3) is 2.23. The summed E-state index contributed by atoms with van der Waals surface area (Å²) in [6.45, 7) is -0.362. The summed E-state index contributed by atoms with van der Waals surface area (Å²) in [6, 6.07) is 2.81. The number of carbonyl (C=O) groups is 1. The van der Waals surface area contributed by atoms with E-state index < -0.39 is 17.7 Å². The molecule has 0 saturated carbocycles. The predicted molar refractivity (Wildman–Crippen MR) is 52.4 cm³/mol. The van der Waals surface area contributed by atoms with Crippen molar-refractivity contribution in [3.05, 3.63) is 34.2 Å². The number of amides is 1. The fraction of sp³-hybridized carbons (Fsp3) is 0.333. The molecule has 6 heteroatoms. The van der Waals surface area contributed by atoms with Crippen molar-refractivity contribution < 1.29 is 14.6 Å². The van der Waals surface area contributed by atoms with E-state index >= 15 is 0 Å². The molecule has 15 heavy (non-hydrogen) atoms. The van der Waals surface area contributed by atoms with Crippen LogP contribution in [0.5, 0.6) is 0 Å². The average molecular weight is 212 g/mol. The quantitative estimate of drug-likeness (QED) is 0.675. The number of rotatable bonds is 4. The number of aliphatic hydroxyl groups excluding tert-OH is 1. The SMILES string of the molecule is COC(CO)n1cccc(C(N)=O)c1=O. The van der Waals surface area contributed by atoms with E-state index in [0.29, 0.717) is 0 Å². The molecule has 1 aromatic rings. The number of aliphatic hydroxyl groups is 1. The van der Waals surface area contributed by atoms with Crippen molar-refractivity contribution >= 4 is 5.91 Å². The Morgan fingerprint density at radius 1 is 1.73 bits per heavy atom. The normalized spacial score (nSPS) is 12.4. The second-order valence-corrected chi connectivity index (χ2v) is 2.87. The van der Waals surface area contributed by atoms with E-state index in [1.165, 1.54) is 25.4 Å². The number of pyridine rings is 1. The Balaban J connectivity index is 3.26. The van der Waals surface area contributed by atoms with Crippen LogP contribution in [-0.2, 0) is 4.74 Å². The van der Waals surface area contributed by atoms with E-state index in [1.54, 1.807) is 0 Å². The van der Waals surface area contributed by atoms with Gasteiger partial charge in [-0.05, 0) is 12.1 Å². The highest BCUT2D eigenvalue weighted by Crippen LogP contribution is 2.03. The van der Waals surface area contributed by atoms with Gasteiger partial charge in [0.25, 0.3) is 11.5 Å². The molecule has 0 fully saturated rings. The number of methoxy groups -OCH3 is 1. The van der Waals surface area contributed by atoms with Crippen LogP contribution in [0.3, 0.4) is 0 Å². The summed E-state index contributed by atoms with van der Waals surface area (Å²) >= 11 is 0. The number of primary amides is 1. The molecule has 0 bridgehead atoms. The molecule has 0 aliphatic rings. The van der Waals surface area contributed by atoms with Crippen LogP contribution < -0.4 is 11.3 Å². The van der Waals surface area contributed by atoms with Gasteiger partial charge in [0.05, 0.1) is 6.61 Å². The molecule has 0 saturated heterocycles. The van der Waals surface area contributed by atoms with E-state index in [-0.39, 0.29) is 12.2 Å². The van der Waals surface area contributed by atoms with Gasteiger partial charge in [0, 0.05) is 13.3 Å². The zero-order valence-corrected chi connectivity index (χ0v) is 8.21. The lowest BCUT2D eigenvalue weighted by atomic mass is 10.2. The molecule has 0 aliphatic carbocycles. The summed E-state index contributed by atoms with van der Waals surface area (Å²) in [5, 5.41) is 8.93. The largest absolute Gasteiger partial charge is 0.392 e. The van der Waals surface area contributed by atoms with E-state index in [0.717, 1.165) is 4.57 Å². The highest BCUT2D eigenvalue weighted by molar-refractivity contribution is 5.92. The Bertz CT molecular complexity index is 409. The highest BCUT2D eigenvalue weighted by Gasteiger charge is 2.14. The number of aromatic nitrogens is 1. The minimum absolute atomic E-state index is 0.131. The summed E-state index contributed by atoms with van der Waals surface area (Å²) in [4.78, 5) is 22.5. The number of ether oxygens (including phenoxy) is 1. The molecule has 1 aromatic heterocycles. The van der Waals surface area contributed by atoms with Gasteiger partial charge in [0.2, 0.25) is 0 Å². The van der Waals surface area contributed by atoms with Crippen LogP contribution in [0.25, 0.3) is 0 Å². The third-order valence-electron chi connectivity index (χ3n) is 1.98. The minimum atomic E-state index is -0.809. The van der Waals surface area contributed by atoms with Crippen LogP contribution in [0.1, 0.15) is 16.6 Å². The second-order valence-electron chi connectivity index (χ2n) is 2.87. The average Bonchev–Trinajstić information content (AvgIpc) is 2.21. The summed E-state index contributed by atoms with van der Waals surface area (Å²) in [7, 11) is 1.35. The zero-order valence-electron chi connectivity index (χ0n) is 8.21. The van der Waals surface area contributed by atoms with Crippen molar-refractivity contribution in [2.24, 2.45) is 5.73 Å². The zero-order chi connectivity index (χ0) is 11.4. The monoisotopic (exact) mass is 212 g/mol. The molecule has 82 valence electrons. The van der Waals surface area contributed by atoms with Crippen molar-refractivity contribution in [2.45, 2.75) is 6.23 Å². The number of hydrogen-bond donors (Lipinski definition) is 2. The molecule has 0 spiro atoms. The predicted octanol–water partition coefficient (Wildman–Crippen LogP) is -0.916. The van der Waals surface area contributed by atoms with Crippen LogP contribution in [0, 0.1) is 0 Å². The molecule has 0 aromatic carbocycles. The van der Waals surface area contributed by atoms with Crippen molar-refractivity contribution in [1.29, 1.82) is 0 Å². The van der Waals surface area contributed by atoms with Crippen molar-refractivity contribution in [3.8, 4) is 0 Å². The lowest BCUT2D eigenvalue weighted by Gasteiger charge is -2.15. The van der Waals surface area contributed by atoms with Crippen LogP contribution >= 0.6 is 0 Å². The summed E-state index contributed by atoms with van der Waals surface area (Å²) in [6.07, 6.45) is 0.607. The van der Waals surface area contributed by atoms with Crippen molar-refractivity contribution in [3.63, 3.8) is 0 Å². The number of nitrogens with zero attached hydrogens (tertiary/aromatic N) is 1. The molecule has 0 aliphatic heterocycles. The van der Waals surface area contributed by atoms with E-state index in [1.807, 2.05) is 0 Å². The molecular formula is C9H12N2O4. The van der Waals surface area contributed by atoms with Crippen LogP contribution in [-0.4, -0.2) is 29.3 Å². The van der Waals surface area contributed by atoms with Crippen molar-refractivity contribution in [1.82, 2.24) is 4.57 Å². The highest BCUT2D eigenvalue weighted by atomic mass is 16.5. The third-order valence-corrected chi connectivity index (χ3v) is 1.98. The summed E-state index contributed by atoms with van der Waals surface area (Å²) in [5.41, 5.74) is 4.30. The van der Waals surface area contributed by atoms with Gasteiger partial charge in [0.15, 0.2) is 6.23 Å². The van der Waals surface area contributed by atoms with Gasteiger partial charge in [-0.1, -0.05) is 0 Å². The Morgan fingerprint density at radius 2 is 2.40 bits per heavy atom. The molecule has 1 heterocycles. The topological polar surface area (TPSA) is 94.5 Å². The number of hydrogen-bond acceptors (Lipinski definition) is 4. The maximum absolute atomic E-state index is 11.6. The van der Waals surface area contributed by atoms with Crippen molar-refractivity contribution in [2.75, 3.05) is 13.7 Å². The molecule has 0 radical (unpaired) electrons. The Labute approximate surface area is 85.9 Å². The first-order chi connectivity index (χ1) is 7.11. The lowest BCUT2D eigenvalue weighted by Crippen LogP contribution is -2.33. The first-order valence-corrected chi connectivity index (χ1v) is 4.26. The lowest BCUT2D eigenvalue weighted by molar-refractivity contribution is -0.00505. The Hall–Kier alpha value is -1.66. The maximum Gasteiger partial charge on any atom is 0.265 e. The molecule has 1 unspecified atom stereocenters. The van der Waals surface area contributed by atoms with Gasteiger partial charge in [-0.2, -0.15) is 0 Å². The fourth-order valence-electron chi connectivity index (χ4n) is 1.20. The molecule has 1 amide bonds. The van der Waals surface area contributed by atoms with Gasteiger partial charge >= 0.3 is 0 Å².